The van der Waals surface area contributed by atoms with Crippen LogP contribution in [0.1, 0.15) is 158 Å². The first-order valence-electron chi connectivity index (χ1n) is 28.6. The van der Waals surface area contributed by atoms with Crippen molar-refractivity contribution in [3.05, 3.63) is 243 Å². The molecule has 2 nitrogen and oxygen atoms in total. The summed E-state index contributed by atoms with van der Waals surface area (Å²) in [4.78, 5) is 5.39. The van der Waals surface area contributed by atoms with E-state index in [4.69, 9.17) is 0 Å². The van der Waals surface area contributed by atoms with Crippen molar-refractivity contribution in [1.29, 1.82) is 0 Å². The zero-order chi connectivity index (χ0) is 54.8. The summed E-state index contributed by atoms with van der Waals surface area (Å²) in [5.74, 6) is 0. The Labute approximate surface area is 466 Å². The Bertz CT molecular complexity index is 3700. The second kappa shape index (κ2) is 16.8. The fourth-order valence-electron chi connectivity index (χ4n) is 14.6. The third-order valence-electron chi connectivity index (χ3n) is 19.1. The maximum atomic E-state index is 2.70. The minimum absolute atomic E-state index is 0.0528. The van der Waals surface area contributed by atoms with Gasteiger partial charge >= 0.3 is 0 Å². The molecule has 2 aliphatic carbocycles. The Morgan fingerprint density at radius 2 is 0.641 bits per heavy atom. The van der Waals surface area contributed by atoms with Gasteiger partial charge < -0.3 is 9.80 Å². The first-order chi connectivity index (χ1) is 36.9. The predicted octanol–water partition coefficient (Wildman–Crippen LogP) is 17.9. The molecule has 0 N–H and O–H groups in total. The minimum atomic E-state index is -0.255. The smallest absolute Gasteiger partial charge is 0.252 e. The van der Waals surface area contributed by atoms with Crippen molar-refractivity contribution < 1.29 is 0 Å². The van der Waals surface area contributed by atoms with Crippen LogP contribution in [0.25, 0.3) is 22.3 Å². The monoisotopic (exact) mass is 1010 g/mol. The van der Waals surface area contributed by atoms with E-state index in [2.05, 4.69) is 296 Å². The molecule has 4 aliphatic rings. The molecule has 13 rings (SSSR count). The van der Waals surface area contributed by atoms with Crippen molar-refractivity contribution in [1.82, 2.24) is 0 Å². The van der Waals surface area contributed by atoms with E-state index in [9.17, 15) is 0 Å². The number of aryl methyl sites for hydroxylation is 1. The van der Waals surface area contributed by atoms with Gasteiger partial charge in [0.1, 0.15) is 0 Å². The summed E-state index contributed by atoms with van der Waals surface area (Å²) in [5, 5.41) is 0. The lowest BCUT2D eigenvalue weighted by Crippen LogP contribution is -2.62. The van der Waals surface area contributed by atoms with Crippen molar-refractivity contribution in [2.24, 2.45) is 0 Å². The topological polar surface area (TPSA) is 6.48 Å². The standard InChI is InChI=1S/C75H75BN2/c1-46-38-67-69-68(39-46)78(64-37-35-50(71(5,6)7)41-52(64)48-28-20-17-21-29-48)66-45-60-58(73(10,11)54-31-23-25-33-56(54)75(60,14)15)43-62(66)76(69)61-42-57-59(74(12,13)55-32-24-22-30-53(55)72(57,8)9)44-65(61)77(67)63-36-34-49(70(2,3)4)40-51(63)47-26-18-16-19-27-47/h16-45H,1-15H3. The number of hydrogen-bond donors (Lipinski definition) is 0. The van der Waals surface area contributed by atoms with E-state index in [0.717, 1.165) is 0 Å². The molecule has 2 heterocycles. The van der Waals surface area contributed by atoms with E-state index in [0.29, 0.717) is 0 Å². The molecule has 0 fully saturated rings. The van der Waals surface area contributed by atoms with Crippen LogP contribution in [0, 0.1) is 6.92 Å². The van der Waals surface area contributed by atoms with Crippen LogP contribution in [0.3, 0.4) is 0 Å². The summed E-state index contributed by atoms with van der Waals surface area (Å²) >= 11 is 0. The lowest BCUT2D eigenvalue weighted by atomic mass is 9.32. The molecule has 0 unspecified atom stereocenters. The Hall–Kier alpha value is -7.36. The Morgan fingerprint density at radius 1 is 0.321 bits per heavy atom. The second-order valence-electron chi connectivity index (χ2n) is 27.5. The zero-order valence-electron chi connectivity index (χ0n) is 48.8. The van der Waals surface area contributed by atoms with Gasteiger partial charge in [-0.15, -0.1) is 0 Å². The van der Waals surface area contributed by atoms with Gasteiger partial charge in [0.25, 0.3) is 6.71 Å². The molecule has 78 heavy (non-hydrogen) atoms. The lowest BCUT2D eigenvalue weighted by molar-refractivity contribution is 0.521. The molecule has 388 valence electrons. The number of nitrogens with zero attached hydrogens (tertiary/aromatic N) is 2. The van der Waals surface area contributed by atoms with Crippen LogP contribution < -0.4 is 26.2 Å². The molecular weight excluding hydrogens is 940 g/mol. The molecule has 9 aromatic carbocycles. The van der Waals surface area contributed by atoms with Gasteiger partial charge in [0, 0.05) is 55.5 Å². The summed E-state index contributed by atoms with van der Waals surface area (Å²) in [6.07, 6.45) is 0. The summed E-state index contributed by atoms with van der Waals surface area (Å²) in [6.45, 7) is 36.0. The maximum Gasteiger partial charge on any atom is 0.252 e. The van der Waals surface area contributed by atoms with Crippen LogP contribution >= 0.6 is 0 Å². The molecule has 0 saturated heterocycles. The van der Waals surface area contributed by atoms with Crippen LogP contribution in [-0.2, 0) is 32.5 Å². The van der Waals surface area contributed by atoms with E-state index in [1.807, 2.05) is 0 Å². The SMILES string of the molecule is Cc1cc2c3c(c1)N(c1ccc(C(C)(C)C)cc1-c1ccccc1)c1cc4c(cc1B3c1cc3c(cc1N2c1ccc(C(C)(C)C)cc1-c1ccccc1)C(C)(C)c1ccccc1C3(C)C)C(C)(C)c1ccccc1C4(C)C. The van der Waals surface area contributed by atoms with Gasteiger partial charge in [0.2, 0.25) is 0 Å². The maximum absolute atomic E-state index is 2.70. The van der Waals surface area contributed by atoms with E-state index in [1.165, 1.54) is 134 Å². The molecule has 0 aromatic heterocycles. The first-order valence-corrected chi connectivity index (χ1v) is 28.6. The second-order valence-corrected chi connectivity index (χ2v) is 27.5. The molecule has 0 bridgehead atoms. The normalized spacial score (nSPS) is 16.7. The van der Waals surface area contributed by atoms with Gasteiger partial charge in [-0.1, -0.05) is 230 Å². The molecule has 0 radical (unpaired) electrons. The number of fused-ring (bicyclic) bond motifs is 8. The van der Waals surface area contributed by atoms with Crippen molar-refractivity contribution in [2.75, 3.05) is 9.80 Å². The summed E-state index contributed by atoms with van der Waals surface area (Å²) in [6, 6.07) is 71.1. The Morgan fingerprint density at radius 3 is 0.974 bits per heavy atom. The van der Waals surface area contributed by atoms with Crippen LogP contribution in [0.2, 0.25) is 0 Å². The molecule has 0 amide bonds. The molecular formula is C75H75BN2. The minimum Gasteiger partial charge on any atom is -0.311 e. The van der Waals surface area contributed by atoms with Crippen molar-refractivity contribution in [2.45, 2.75) is 136 Å². The van der Waals surface area contributed by atoms with Gasteiger partial charge in [-0.05, 0) is 155 Å². The highest BCUT2D eigenvalue weighted by Crippen LogP contribution is 2.56. The number of hydrogen-bond acceptors (Lipinski definition) is 2. The molecule has 0 spiro atoms. The van der Waals surface area contributed by atoms with Crippen LogP contribution in [-0.4, -0.2) is 6.71 Å². The molecule has 3 heteroatoms. The average molecular weight is 1020 g/mol. The fourth-order valence-corrected chi connectivity index (χ4v) is 14.6. The summed E-state index contributed by atoms with van der Waals surface area (Å²) in [5.41, 5.74) is 30.3. The number of anilines is 6. The average Bonchev–Trinajstić information content (AvgIpc) is 2.29. The summed E-state index contributed by atoms with van der Waals surface area (Å²) < 4.78 is 0. The molecule has 9 aromatic rings. The Balaban J connectivity index is 1.20. The van der Waals surface area contributed by atoms with Gasteiger partial charge in [-0.3, -0.25) is 0 Å². The van der Waals surface area contributed by atoms with Crippen LogP contribution in [0.15, 0.2) is 182 Å². The highest BCUT2D eigenvalue weighted by molar-refractivity contribution is 7.00. The zero-order valence-corrected chi connectivity index (χ0v) is 48.8. The lowest BCUT2D eigenvalue weighted by Gasteiger charge is -2.50. The van der Waals surface area contributed by atoms with E-state index < -0.39 is 0 Å². The van der Waals surface area contributed by atoms with E-state index >= 15 is 0 Å². The summed E-state index contributed by atoms with van der Waals surface area (Å²) in [7, 11) is 0. The van der Waals surface area contributed by atoms with Crippen molar-refractivity contribution in [3.8, 4) is 22.3 Å². The fraction of sp³-hybridized carbons (Fsp3) is 0.280. The quantitative estimate of drug-likeness (QED) is 0.162. The van der Waals surface area contributed by atoms with E-state index in [1.54, 1.807) is 0 Å². The largest absolute Gasteiger partial charge is 0.311 e. The molecule has 2 aliphatic heterocycles. The Kier molecular flexibility index (Phi) is 10.8. The number of rotatable bonds is 4. The third-order valence-corrected chi connectivity index (χ3v) is 19.1. The highest BCUT2D eigenvalue weighted by atomic mass is 15.2. The van der Waals surface area contributed by atoms with Gasteiger partial charge in [-0.2, -0.15) is 0 Å². The van der Waals surface area contributed by atoms with Gasteiger partial charge in [0.05, 0.1) is 11.4 Å². The van der Waals surface area contributed by atoms with Crippen molar-refractivity contribution in [3.63, 3.8) is 0 Å². The van der Waals surface area contributed by atoms with Crippen molar-refractivity contribution >= 4 is 57.2 Å². The van der Waals surface area contributed by atoms with Crippen LogP contribution in [0.5, 0.6) is 0 Å². The van der Waals surface area contributed by atoms with Gasteiger partial charge in [-0.25, -0.2) is 0 Å². The highest BCUT2D eigenvalue weighted by Gasteiger charge is 2.50. The van der Waals surface area contributed by atoms with Gasteiger partial charge in [0.15, 0.2) is 0 Å². The first kappa shape index (κ1) is 50.2. The molecule has 0 saturated carbocycles. The molecule has 0 atom stereocenters. The van der Waals surface area contributed by atoms with E-state index in [-0.39, 0.29) is 39.2 Å². The number of benzene rings is 9. The van der Waals surface area contributed by atoms with Crippen LogP contribution in [0.4, 0.5) is 34.1 Å². The predicted molar refractivity (Wildman–Crippen MR) is 335 cm³/mol. The third kappa shape index (κ3) is 7.22.